The summed E-state index contributed by atoms with van der Waals surface area (Å²) >= 11 is 0. The van der Waals surface area contributed by atoms with Crippen LogP contribution in [-0.2, 0) is 17.9 Å². The number of nitrogens with zero attached hydrogens (tertiary/aromatic N) is 3. The predicted octanol–water partition coefficient (Wildman–Crippen LogP) is 3.43. The van der Waals surface area contributed by atoms with Crippen LogP contribution in [-0.4, -0.2) is 40.0 Å². The number of likely N-dealkylation sites (tertiary alicyclic amines) is 1. The van der Waals surface area contributed by atoms with Crippen molar-refractivity contribution in [2.45, 2.75) is 46.2 Å². The Morgan fingerprint density at radius 2 is 1.78 bits per heavy atom. The summed E-state index contributed by atoms with van der Waals surface area (Å²) in [5, 5.41) is 3.09. The molecule has 0 radical (unpaired) electrons. The Kier molecular flexibility index (Phi) is 7.00. The van der Waals surface area contributed by atoms with Gasteiger partial charge in [0.1, 0.15) is 5.69 Å². The van der Waals surface area contributed by atoms with Gasteiger partial charge in [0.25, 0.3) is 5.56 Å². The SMILES string of the molecule is Cc1ccc(CN2CCC(CNC(=O)CCn3c(=O)c(C)nc4ccccc43)CC2)cc1. The van der Waals surface area contributed by atoms with Crippen LogP contribution in [0, 0.1) is 19.8 Å². The molecule has 1 fully saturated rings. The van der Waals surface area contributed by atoms with Crippen LogP contribution >= 0.6 is 0 Å². The topological polar surface area (TPSA) is 67.2 Å². The number of benzene rings is 2. The van der Waals surface area contributed by atoms with E-state index in [-0.39, 0.29) is 11.5 Å². The number of carbonyl (C=O) groups excluding carboxylic acids is 1. The zero-order valence-electron chi connectivity index (χ0n) is 19.0. The number of piperidine rings is 1. The molecule has 6 heteroatoms. The Morgan fingerprint density at radius 3 is 2.53 bits per heavy atom. The fourth-order valence-corrected chi connectivity index (χ4v) is 4.40. The Balaban J connectivity index is 1.23. The zero-order valence-corrected chi connectivity index (χ0v) is 19.0. The number of rotatable bonds is 7. The first-order valence-corrected chi connectivity index (χ1v) is 11.5. The number of nitrogens with one attached hydrogen (secondary N) is 1. The highest BCUT2D eigenvalue weighted by Crippen LogP contribution is 2.19. The molecule has 0 aliphatic carbocycles. The molecule has 1 N–H and O–H groups in total. The summed E-state index contributed by atoms with van der Waals surface area (Å²) in [6, 6.07) is 16.3. The van der Waals surface area contributed by atoms with E-state index >= 15 is 0 Å². The second-order valence-electron chi connectivity index (χ2n) is 8.90. The minimum absolute atomic E-state index is 0.00229. The highest BCUT2D eigenvalue weighted by molar-refractivity contribution is 5.77. The molecule has 0 spiro atoms. The van der Waals surface area contributed by atoms with Gasteiger partial charge in [0.15, 0.2) is 0 Å². The molecular formula is C26H32N4O2. The molecule has 0 atom stereocenters. The average molecular weight is 433 g/mol. The van der Waals surface area contributed by atoms with Gasteiger partial charge in [-0.1, -0.05) is 42.0 Å². The van der Waals surface area contributed by atoms with Crippen LogP contribution < -0.4 is 10.9 Å². The number of hydrogen-bond donors (Lipinski definition) is 1. The van der Waals surface area contributed by atoms with Gasteiger partial charge in [0, 0.05) is 26.1 Å². The molecule has 6 nitrogen and oxygen atoms in total. The second-order valence-corrected chi connectivity index (χ2v) is 8.90. The van der Waals surface area contributed by atoms with Crippen LogP contribution in [0.2, 0.25) is 0 Å². The molecule has 1 amide bonds. The standard InChI is InChI=1S/C26H32N4O2/c1-19-7-9-22(10-8-19)18-29-14-11-21(12-15-29)17-27-25(31)13-16-30-24-6-4-3-5-23(24)28-20(2)26(30)32/h3-10,21H,11-18H2,1-2H3,(H,27,31). The van der Waals surface area contributed by atoms with Crippen LogP contribution in [0.25, 0.3) is 11.0 Å². The molecule has 1 aliphatic heterocycles. The van der Waals surface area contributed by atoms with Crippen molar-refractivity contribution in [1.29, 1.82) is 0 Å². The normalized spacial score (nSPS) is 15.2. The van der Waals surface area contributed by atoms with Gasteiger partial charge in [-0.3, -0.25) is 14.5 Å². The third kappa shape index (κ3) is 5.43. The summed E-state index contributed by atoms with van der Waals surface area (Å²) in [6.45, 7) is 8.02. The molecule has 1 aliphatic rings. The average Bonchev–Trinajstić information content (AvgIpc) is 2.80. The van der Waals surface area contributed by atoms with Crippen molar-refractivity contribution in [3.05, 3.63) is 75.7 Å². The first-order chi connectivity index (χ1) is 15.5. The van der Waals surface area contributed by atoms with E-state index in [1.807, 2.05) is 24.3 Å². The number of aryl methyl sites for hydroxylation is 3. The van der Waals surface area contributed by atoms with Gasteiger partial charge in [-0.2, -0.15) is 0 Å². The first kappa shape index (κ1) is 22.2. The number of para-hydroxylation sites is 2. The molecule has 4 rings (SSSR count). The molecule has 2 heterocycles. The lowest BCUT2D eigenvalue weighted by Gasteiger charge is -2.32. The van der Waals surface area contributed by atoms with Crippen molar-refractivity contribution in [2.75, 3.05) is 19.6 Å². The van der Waals surface area contributed by atoms with E-state index in [1.165, 1.54) is 11.1 Å². The highest BCUT2D eigenvalue weighted by atomic mass is 16.2. The molecule has 0 bridgehead atoms. The molecule has 2 aromatic carbocycles. The van der Waals surface area contributed by atoms with Crippen LogP contribution in [0.3, 0.4) is 0 Å². The summed E-state index contributed by atoms with van der Waals surface area (Å²) in [6.07, 6.45) is 2.49. The monoisotopic (exact) mass is 432 g/mol. The maximum absolute atomic E-state index is 12.5. The van der Waals surface area contributed by atoms with Crippen LogP contribution in [0.1, 0.15) is 36.1 Å². The third-order valence-electron chi connectivity index (χ3n) is 6.40. The Morgan fingerprint density at radius 1 is 1.06 bits per heavy atom. The van der Waals surface area contributed by atoms with Crippen LogP contribution in [0.5, 0.6) is 0 Å². The van der Waals surface area contributed by atoms with Crippen molar-refractivity contribution in [2.24, 2.45) is 5.92 Å². The lowest BCUT2D eigenvalue weighted by atomic mass is 9.96. The summed E-state index contributed by atoms with van der Waals surface area (Å²) in [4.78, 5) is 31.9. The van der Waals surface area contributed by atoms with E-state index in [0.29, 0.717) is 31.1 Å². The lowest BCUT2D eigenvalue weighted by molar-refractivity contribution is -0.121. The molecule has 168 valence electrons. The van der Waals surface area contributed by atoms with E-state index in [4.69, 9.17) is 0 Å². The van der Waals surface area contributed by atoms with E-state index in [9.17, 15) is 9.59 Å². The van der Waals surface area contributed by atoms with Crippen LogP contribution in [0.15, 0.2) is 53.3 Å². The number of carbonyl (C=O) groups is 1. The van der Waals surface area contributed by atoms with Gasteiger partial charge in [-0.25, -0.2) is 4.98 Å². The predicted molar refractivity (Wildman–Crippen MR) is 128 cm³/mol. The van der Waals surface area contributed by atoms with E-state index in [0.717, 1.165) is 43.5 Å². The Labute approximate surface area is 189 Å². The minimum atomic E-state index is -0.127. The quantitative estimate of drug-likeness (QED) is 0.621. The number of amides is 1. The van der Waals surface area contributed by atoms with Crippen molar-refractivity contribution in [1.82, 2.24) is 19.8 Å². The molecule has 32 heavy (non-hydrogen) atoms. The van der Waals surface area contributed by atoms with E-state index in [1.54, 1.807) is 11.5 Å². The molecule has 3 aromatic rings. The molecule has 1 saturated heterocycles. The Hall–Kier alpha value is -2.99. The van der Waals surface area contributed by atoms with Crippen molar-refractivity contribution >= 4 is 16.9 Å². The van der Waals surface area contributed by atoms with Gasteiger partial charge < -0.3 is 9.88 Å². The third-order valence-corrected chi connectivity index (χ3v) is 6.40. The summed E-state index contributed by atoms with van der Waals surface area (Å²) < 4.78 is 1.67. The summed E-state index contributed by atoms with van der Waals surface area (Å²) in [5.41, 5.74) is 4.54. The van der Waals surface area contributed by atoms with Crippen LogP contribution in [0.4, 0.5) is 0 Å². The molecular weight excluding hydrogens is 400 g/mol. The molecule has 0 saturated carbocycles. The van der Waals surface area contributed by atoms with Gasteiger partial charge in [0.05, 0.1) is 11.0 Å². The largest absolute Gasteiger partial charge is 0.356 e. The smallest absolute Gasteiger partial charge is 0.272 e. The maximum Gasteiger partial charge on any atom is 0.272 e. The van der Waals surface area contributed by atoms with Crippen molar-refractivity contribution in [3.8, 4) is 0 Å². The lowest BCUT2D eigenvalue weighted by Crippen LogP contribution is -2.38. The van der Waals surface area contributed by atoms with Crippen molar-refractivity contribution in [3.63, 3.8) is 0 Å². The van der Waals surface area contributed by atoms with Gasteiger partial charge in [0.2, 0.25) is 5.91 Å². The number of fused-ring (bicyclic) bond motifs is 1. The zero-order chi connectivity index (χ0) is 22.5. The highest BCUT2D eigenvalue weighted by Gasteiger charge is 2.20. The molecule has 1 aromatic heterocycles. The van der Waals surface area contributed by atoms with Gasteiger partial charge in [-0.15, -0.1) is 0 Å². The van der Waals surface area contributed by atoms with Crippen molar-refractivity contribution < 1.29 is 4.79 Å². The Bertz CT molecular complexity index is 1130. The maximum atomic E-state index is 12.5. The first-order valence-electron chi connectivity index (χ1n) is 11.5. The minimum Gasteiger partial charge on any atom is -0.356 e. The fraction of sp³-hybridized carbons (Fsp3) is 0.423. The summed E-state index contributed by atoms with van der Waals surface area (Å²) in [5.74, 6) is 0.512. The fourth-order valence-electron chi connectivity index (χ4n) is 4.40. The van der Waals surface area contributed by atoms with E-state index < -0.39 is 0 Å². The van der Waals surface area contributed by atoms with E-state index in [2.05, 4.69) is 46.4 Å². The van der Waals surface area contributed by atoms with Gasteiger partial charge in [-0.05, 0) is 63.4 Å². The summed E-state index contributed by atoms with van der Waals surface area (Å²) in [7, 11) is 0. The number of hydrogen-bond acceptors (Lipinski definition) is 4. The molecule has 0 unspecified atom stereocenters. The number of aromatic nitrogens is 2. The van der Waals surface area contributed by atoms with Gasteiger partial charge >= 0.3 is 0 Å². The second kappa shape index (κ2) is 10.1.